The lowest BCUT2D eigenvalue weighted by Crippen LogP contribution is -2.56. The van der Waals surface area contributed by atoms with E-state index in [1.807, 2.05) is 43.0 Å². The summed E-state index contributed by atoms with van der Waals surface area (Å²) in [5.74, 6) is 1.95. The van der Waals surface area contributed by atoms with Gasteiger partial charge in [0.2, 0.25) is 23.1 Å². The second-order valence-electron chi connectivity index (χ2n) is 9.77. The monoisotopic (exact) mass is 573 g/mol. The standard InChI is InChI=1S/C29H31N7O4S/c1-18-16-19(2)31-27(30-18)33-28(34-29(41)32-22-10-8-21(9-11-22)20(3)37)36-14-12-35(13-15-36)26(38)25-17-39-23-6-4-5-7-24(23)40-25/h4-11,16,25H,12-15,17H2,1-3H3,(H2,30,31,32,33,34,41). The smallest absolute Gasteiger partial charge is 0.267 e. The highest BCUT2D eigenvalue weighted by molar-refractivity contribution is 7.80. The van der Waals surface area contributed by atoms with Crippen molar-refractivity contribution in [2.45, 2.75) is 26.9 Å². The Morgan fingerprint density at radius 1 is 0.927 bits per heavy atom. The van der Waals surface area contributed by atoms with Gasteiger partial charge in [-0.1, -0.05) is 12.1 Å². The number of anilines is 2. The minimum Gasteiger partial charge on any atom is -0.485 e. The topological polar surface area (TPSA) is 121 Å². The zero-order chi connectivity index (χ0) is 28.9. The maximum Gasteiger partial charge on any atom is 0.267 e. The molecule has 0 bridgehead atoms. The predicted molar refractivity (Wildman–Crippen MR) is 160 cm³/mol. The van der Waals surface area contributed by atoms with Crippen LogP contribution < -0.4 is 20.1 Å². The van der Waals surface area contributed by atoms with Crippen molar-refractivity contribution in [2.24, 2.45) is 4.99 Å². The molecule has 1 unspecified atom stereocenters. The number of ketones is 1. The number of aryl methyl sites for hydroxylation is 2. The van der Waals surface area contributed by atoms with Crippen molar-refractivity contribution in [3.05, 3.63) is 71.5 Å². The van der Waals surface area contributed by atoms with E-state index in [4.69, 9.17) is 21.7 Å². The van der Waals surface area contributed by atoms with Crippen LogP contribution in [0.15, 0.2) is 59.6 Å². The van der Waals surface area contributed by atoms with Crippen LogP contribution in [-0.4, -0.2) is 81.4 Å². The summed E-state index contributed by atoms with van der Waals surface area (Å²) >= 11 is 5.55. The molecule has 0 spiro atoms. The molecule has 41 heavy (non-hydrogen) atoms. The first kappa shape index (κ1) is 28.0. The van der Waals surface area contributed by atoms with Crippen LogP contribution in [0.5, 0.6) is 11.5 Å². The van der Waals surface area contributed by atoms with E-state index < -0.39 is 6.10 Å². The number of amides is 1. The first-order valence-electron chi connectivity index (χ1n) is 13.3. The fourth-order valence-corrected chi connectivity index (χ4v) is 4.78. The molecule has 1 amide bonds. The lowest BCUT2D eigenvalue weighted by atomic mass is 10.1. The van der Waals surface area contributed by atoms with Crippen LogP contribution in [0.1, 0.15) is 28.7 Å². The number of carbonyl (C=O) groups excluding carboxylic acids is 2. The van der Waals surface area contributed by atoms with Gasteiger partial charge in [-0.2, -0.15) is 4.99 Å². The minimum absolute atomic E-state index is 0.0119. The Morgan fingerprint density at radius 3 is 2.22 bits per heavy atom. The summed E-state index contributed by atoms with van der Waals surface area (Å²) in [5, 5.41) is 6.54. The number of hydrogen-bond donors (Lipinski definition) is 2. The SMILES string of the molecule is CC(=O)c1ccc(NC(=S)/N=C(/Nc2nc(C)cc(C)n2)N2CCN(C(=O)C3COc4ccccc4O3)CC2)cc1. The van der Waals surface area contributed by atoms with Crippen molar-refractivity contribution in [2.75, 3.05) is 43.4 Å². The molecule has 3 heterocycles. The molecule has 2 aliphatic heterocycles. The van der Waals surface area contributed by atoms with Crippen LogP contribution in [0.2, 0.25) is 0 Å². The number of para-hydroxylation sites is 2. The lowest BCUT2D eigenvalue weighted by molar-refractivity contribution is -0.142. The molecular weight excluding hydrogens is 542 g/mol. The molecule has 0 aliphatic carbocycles. The Morgan fingerprint density at radius 2 is 1.56 bits per heavy atom. The molecular formula is C29H31N7O4S. The number of piperazine rings is 1. The van der Waals surface area contributed by atoms with E-state index in [1.165, 1.54) is 6.92 Å². The molecule has 2 aromatic carbocycles. The van der Waals surface area contributed by atoms with E-state index in [2.05, 4.69) is 25.6 Å². The lowest BCUT2D eigenvalue weighted by Gasteiger charge is -2.38. The maximum absolute atomic E-state index is 13.2. The highest BCUT2D eigenvalue weighted by Crippen LogP contribution is 2.31. The van der Waals surface area contributed by atoms with Crippen LogP contribution in [0.4, 0.5) is 11.6 Å². The average Bonchev–Trinajstić information content (AvgIpc) is 2.96. The van der Waals surface area contributed by atoms with E-state index in [-0.39, 0.29) is 23.4 Å². The molecule has 2 N–H and O–H groups in total. The van der Waals surface area contributed by atoms with Crippen LogP contribution in [-0.2, 0) is 4.79 Å². The number of aliphatic imine (C=N–C) groups is 1. The number of guanidine groups is 1. The summed E-state index contributed by atoms with van der Waals surface area (Å²) < 4.78 is 11.7. The van der Waals surface area contributed by atoms with Gasteiger partial charge in [0, 0.05) is 48.8 Å². The van der Waals surface area contributed by atoms with E-state index in [0.29, 0.717) is 60.8 Å². The van der Waals surface area contributed by atoms with E-state index in [1.54, 1.807) is 35.2 Å². The molecule has 1 saturated heterocycles. The molecule has 2 aliphatic rings. The molecule has 5 rings (SSSR count). The van der Waals surface area contributed by atoms with Crippen molar-refractivity contribution in [3.8, 4) is 11.5 Å². The first-order valence-corrected chi connectivity index (χ1v) is 13.7. The van der Waals surface area contributed by atoms with E-state index >= 15 is 0 Å². The summed E-state index contributed by atoms with van der Waals surface area (Å²) in [6.07, 6.45) is -0.697. The number of benzene rings is 2. The Bertz CT molecular complexity index is 1470. The summed E-state index contributed by atoms with van der Waals surface area (Å²) in [6, 6.07) is 16.2. The van der Waals surface area contributed by atoms with Crippen LogP contribution in [0, 0.1) is 13.8 Å². The van der Waals surface area contributed by atoms with E-state index in [9.17, 15) is 9.59 Å². The Hall–Kier alpha value is -4.58. The van der Waals surface area contributed by atoms with Gasteiger partial charge in [0.15, 0.2) is 17.3 Å². The fourth-order valence-electron chi connectivity index (χ4n) is 4.58. The predicted octanol–water partition coefficient (Wildman–Crippen LogP) is 3.45. The molecule has 0 radical (unpaired) electrons. The fraction of sp³-hybridized carbons (Fsp3) is 0.310. The molecule has 1 atom stereocenters. The number of nitrogens with zero attached hydrogens (tertiary/aromatic N) is 5. The zero-order valence-electron chi connectivity index (χ0n) is 23.1. The number of ether oxygens (including phenoxy) is 2. The summed E-state index contributed by atoms with van der Waals surface area (Å²) in [4.78, 5) is 42.2. The number of fused-ring (bicyclic) bond motifs is 1. The third-order valence-corrected chi connectivity index (χ3v) is 6.82. The largest absolute Gasteiger partial charge is 0.485 e. The number of nitrogens with one attached hydrogen (secondary N) is 2. The van der Waals surface area contributed by atoms with Gasteiger partial charge in [-0.15, -0.1) is 0 Å². The van der Waals surface area contributed by atoms with Crippen LogP contribution >= 0.6 is 12.2 Å². The Kier molecular flexibility index (Phi) is 8.39. The van der Waals surface area contributed by atoms with Gasteiger partial charge in [0.25, 0.3) is 5.91 Å². The second-order valence-corrected chi connectivity index (χ2v) is 10.2. The number of thiocarbonyl (C=S) groups is 1. The third kappa shape index (κ3) is 6.95. The van der Waals surface area contributed by atoms with Gasteiger partial charge < -0.3 is 24.6 Å². The van der Waals surface area contributed by atoms with Gasteiger partial charge in [0.1, 0.15) is 6.61 Å². The highest BCUT2D eigenvalue weighted by Gasteiger charge is 2.33. The molecule has 0 saturated carbocycles. The van der Waals surface area contributed by atoms with Crippen molar-refractivity contribution in [3.63, 3.8) is 0 Å². The molecule has 12 heteroatoms. The van der Waals surface area contributed by atoms with E-state index in [0.717, 1.165) is 11.4 Å². The Labute approximate surface area is 243 Å². The number of Topliss-reactive ketones (excluding diaryl/α,β-unsaturated/α-hetero) is 1. The number of carbonyl (C=O) groups is 2. The molecule has 1 aromatic heterocycles. The van der Waals surface area contributed by atoms with Crippen LogP contribution in [0.25, 0.3) is 0 Å². The van der Waals surface area contributed by atoms with Crippen molar-refractivity contribution in [1.82, 2.24) is 19.8 Å². The van der Waals surface area contributed by atoms with Gasteiger partial charge >= 0.3 is 0 Å². The van der Waals surface area contributed by atoms with Gasteiger partial charge in [-0.3, -0.25) is 14.9 Å². The summed E-state index contributed by atoms with van der Waals surface area (Å²) in [7, 11) is 0. The van der Waals surface area contributed by atoms with Crippen molar-refractivity contribution >= 4 is 46.6 Å². The molecule has 1 fully saturated rings. The third-order valence-electron chi connectivity index (χ3n) is 6.63. The Balaban J connectivity index is 1.28. The molecule has 212 valence electrons. The summed E-state index contributed by atoms with van der Waals surface area (Å²) in [5.41, 5.74) is 2.95. The zero-order valence-corrected chi connectivity index (χ0v) is 23.9. The quantitative estimate of drug-likeness (QED) is 0.208. The first-order chi connectivity index (χ1) is 19.7. The number of hydrogen-bond acceptors (Lipinski definition) is 7. The van der Waals surface area contributed by atoms with Gasteiger partial charge in [-0.05, 0) is 75.5 Å². The minimum atomic E-state index is -0.697. The number of aromatic nitrogens is 2. The van der Waals surface area contributed by atoms with Crippen molar-refractivity contribution < 1.29 is 19.1 Å². The average molecular weight is 574 g/mol. The highest BCUT2D eigenvalue weighted by atomic mass is 32.1. The molecule has 11 nitrogen and oxygen atoms in total. The number of rotatable bonds is 4. The van der Waals surface area contributed by atoms with Crippen molar-refractivity contribution in [1.29, 1.82) is 0 Å². The normalized spacial score (nSPS) is 16.7. The summed E-state index contributed by atoms with van der Waals surface area (Å²) in [6.45, 7) is 7.41. The van der Waals surface area contributed by atoms with Gasteiger partial charge in [-0.25, -0.2) is 9.97 Å². The van der Waals surface area contributed by atoms with Gasteiger partial charge in [0.05, 0.1) is 0 Å². The molecule has 3 aromatic rings. The van der Waals surface area contributed by atoms with Crippen LogP contribution in [0.3, 0.4) is 0 Å². The maximum atomic E-state index is 13.2. The second kappa shape index (κ2) is 12.3.